The second-order valence-corrected chi connectivity index (χ2v) is 10.4. The van der Waals surface area contributed by atoms with Crippen LogP contribution in [0.1, 0.15) is 44.6 Å². The summed E-state index contributed by atoms with van der Waals surface area (Å²) in [6.45, 7) is 6.69. The summed E-state index contributed by atoms with van der Waals surface area (Å²) in [6, 6.07) is 18.9. The zero-order valence-corrected chi connectivity index (χ0v) is 25.7. The molecule has 0 radical (unpaired) electrons. The fourth-order valence-corrected chi connectivity index (χ4v) is 4.14. The van der Waals surface area contributed by atoms with Gasteiger partial charge in [0.15, 0.2) is 0 Å². The Balaban J connectivity index is 0.000000521. The van der Waals surface area contributed by atoms with Crippen molar-refractivity contribution in [2.45, 2.75) is 51.2 Å². The summed E-state index contributed by atoms with van der Waals surface area (Å²) >= 11 is 0. The molecule has 45 heavy (non-hydrogen) atoms. The van der Waals surface area contributed by atoms with Gasteiger partial charge >= 0.3 is 23.9 Å². The molecule has 2 aromatic rings. The zero-order valence-electron chi connectivity index (χ0n) is 25.7. The van der Waals surface area contributed by atoms with Gasteiger partial charge in [-0.3, -0.25) is 4.90 Å². The first-order valence-corrected chi connectivity index (χ1v) is 14.5. The lowest BCUT2D eigenvalue weighted by Gasteiger charge is -2.39. The van der Waals surface area contributed by atoms with E-state index in [9.17, 15) is 24.3 Å². The van der Waals surface area contributed by atoms with Gasteiger partial charge in [0, 0.05) is 63.2 Å². The molecule has 0 bridgehead atoms. The van der Waals surface area contributed by atoms with E-state index in [1.807, 2.05) is 12.1 Å². The number of unbranched alkanes of at least 4 members (excludes halogenated alkanes) is 1. The molecular weight excluding hydrogens is 584 g/mol. The molecular formula is C33H44N2O10. The van der Waals surface area contributed by atoms with Gasteiger partial charge in [-0.05, 0) is 55.5 Å². The molecule has 1 saturated heterocycles. The second kappa shape index (κ2) is 21.1. The normalized spacial score (nSPS) is 14.0. The third-order valence-corrected chi connectivity index (χ3v) is 6.73. The molecule has 1 heterocycles. The van der Waals surface area contributed by atoms with Crippen LogP contribution in [0.15, 0.2) is 78.9 Å². The van der Waals surface area contributed by atoms with Gasteiger partial charge in [-0.1, -0.05) is 43.7 Å². The van der Waals surface area contributed by atoms with E-state index in [1.165, 1.54) is 5.56 Å². The molecule has 2 aromatic carbocycles. The van der Waals surface area contributed by atoms with Gasteiger partial charge in [-0.25, -0.2) is 19.2 Å². The standard InChI is InChI=1S/C25H36N2O2.2C4H4O4/c1-3-4-20-29-24-12-10-23(11-13-24)26(2)17-14-25(28)15-18-27(19-16-25)21-22-8-6-5-7-9-22;2*5-3(6)1-2-4(7)8/h5-13,28H,3-4,14-21H2,1-2H3;2*1-2H,(H,5,6)(H,7,8)/b;2*2-1-. The first-order chi connectivity index (χ1) is 21.3. The SMILES string of the molecule is CCCCOc1ccc(N(C)CCC2(O)CCN(Cc3ccccc3)CC2)cc1.O=C(O)/C=C\C(=O)O.O=C(O)/C=C\C(=O)O. The molecule has 1 aliphatic heterocycles. The van der Waals surface area contributed by atoms with E-state index in [2.05, 4.69) is 66.2 Å². The summed E-state index contributed by atoms with van der Waals surface area (Å²) in [5.74, 6) is -4.10. The molecule has 0 spiro atoms. The number of carbonyl (C=O) groups is 4. The number of benzene rings is 2. The van der Waals surface area contributed by atoms with E-state index in [4.69, 9.17) is 25.2 Å². The van der Waals surface area contributed by atoms with Crippen molar-refractivity contribution in [1.82, 2.24) is 4.90 Å². The number of anilines is 1. The van der Waals surface area contributed by atoms with Crippen LogP contribution < -0.4 is 9.64 Å². The van der Waals surface area contributed by atoms with Crippen LogP contribution >= 0.6 is 0 Å². The van der Waals surface area contributed by atoms with Crippen molar-refractivity contribution in [2.24, 2.45) is 0 Å². The van der Waals surface area contributed by atoms with Crippen molar-refractivity contribution in [3.05, 3.63) is 84.5 Å². The highest BCUT2D eigenvalue weighted by Gasteiger charge is 2.32. The van der Waals surface area contributed by atoms with Gasteiger partial charge in [0.25, 0.3) is 0 Å². The maximum atomic E-state index is 11.0. The van der Waals surface area contributed by atoms with Crippen LogP contribution in [0.4, 0.5) is 5.69 Å². The lowest BCUT2D eigenvalue weighted by molar-refractivity contribution is -0.134. The van der Waals surface area contributed by atoms with Gasteiger partial charge in [0.2, 0.25) is 0 Å². The van der Waals surface area contributed by atoms with Crippen LogP contribution in [-0.2, 0) is 25.7 Å². The Morgan fingerprint density at radius 3 is 1.76 bits per heavy atom. The molecule has 0 aliphatic carbocycles. The molecule has 5 N–H and O–H groups in total. The number of hydrogen-bond donors (Lipinski definition) is 5. The van der Waals surface area contributed by atoms with E-state index in [0.29, 0.717) is 24.3 Å². The van der Waals surface area contributed by atoms with Crippen LogP contribution in [0.5, 0.6) is 5.75 Å². The van der Waals surface area contributed by atoms with E-state index < -0.39 is 29.5 Å². The minimum absolute atomic E-state index is 0.551. The lowest BCUT2D eigenvalue weighted by Crippen LogP contribution is -2.45. The predicted octanol–water partition coefficient (Wildman–Crippen LogP) is 4.14. The summed E-state index contributed by atoms with van der Waals surface area (Å²) < 4.78 is 5.74. The second-order valence-electron chi connectivity index (χ2n) is 10.4. The van der Waals surface area contributed by atoms with Crippen molar-refractivity contribution in [3.8, 4) is 5.75 Å². The van der Waals surface area contributed by atoms with Gasteiger partial charge in [0.1, 0.15) is 5.75 Å². The Hall–Kier alpha value is -4.68. The highest BCUT2D eigenvalue weighted by molar-refractivity contribution is 5.90. The predicted molar refractivity (Wildman–Crippen MR) is 169 cm³/mol. The molecule has 3 rings (SSSR count). The molecule has 12 heteroatoms. The Bertz CT molecular complexity index is 1170. The zero-order chi connectivity index (χ0) is 33.7. The van der Waals surface area contributed by atoms with Crippen LogP contribution in [-0.4, -0.2) is 93.2 Å². The van der Waals surface area contributed by atoms with Gasteiger partial charge in [0.05, 0.1) is 12.2 Å². The van der Waals surface area contributed by atoms with Crippen molar-refractivity contribution in [2.75, 3.05) is 38.2 Å². The van der Waals surface area contributed by atoms with Crippen molar-refractivity contribution in [3.63, 3.8) is 0 Å². The van der Waals surface area contributed by atoms with Crippen molar-refractivity contribution >= 4 is 29.6 Å². The number of nitrogens with zero attached hydrogens (tertiary/aromatic N) is 2. The summed E-state index contributed by atoms with van der Waals surface area (Å²) in [4.78, 5) is 42.9. The topological polar surface area (TPSA) is 185 Å². The molecule has 246 valence electrons. The summed E-state index contributed by atoms with van der Waals surface area (Å²) in [7, 11) is 2.10. The highest BCUT2D eigenvalue weighted by atomic mass is 16.5. The van der Waals surface area contributed by atoms with Crippen molar-refractivity contribution < 1.29 is 49.4 Å². The maximum absolute atomic E-state index is 11.0. The average molecular weight is 629 g/mol. The molecule has 1 aliphatic rings. The van der Waals surface area contributed by atoms with Gasteiger partial charge in [-0.2, -0.15) is 0 Å². The third-order valence-electron chi connectivity index (χ3n) is 6.73. The molecule has 0 amide bonds. The number of likely N-dealkylation sites (tertiary alicyclic amines) is 1. The fraction of sp³-hybridized carbons (Fsp3) is 0.394. The van der Waals surface area contributed by atoms with E-state index in [0.717, 1.165) is 76.3 Å². The van der Waals surface area contributed by atoms with Gasteiger partial charge in [-0.15, -0.1) is 0 Å². The molecule has 0 unspecified atom stereocenters. The molecule has 0 saturated carbocycles. The third kappa shape index (κ3) is 18.6. The Morgan fingerprint density at radius 2 is 1.31 bits per heavy atom. The number of carboxylic acids is 4. The van der Waals surface area contributed by atoms with E-state index in [-0.39, 0.29) is 0 Å². The van der Waals surface area contributed by atoms with Crippen LogP contribution in [0, 0.1) is 0 Å². The number of piperidine rings is 1. The Labute approximate surface area is 263 Å². The summed E-state index contributed by atoms with van der Waals surface area (Å²) in [5.41, 5.74) is 1.96. The van der Waals surface area contributed by atoms with Crippen molar-refractivity contribution in [1.29, 1.82) is 0 Å². The summed E-state index contributed by atoms with van der Waals surface area (Å²) in [6.07, 6.45) is 6.96. The first kappa shape index (κ1) is 38.3. The Kier molecular flexibility index (Phi) is 18.0. The lowest BCUT2D eigenvalue weighted by atomic mass is 9.88. The largest absolute Gasteiger partial charge is 0.494 e. The number of hydrogen-bond acceptors (Lipinski definition) is 8. The molecule has 0 aromatic heterocycles. The Morgan fingerprint density at radius 1 is 0.822 bits per heavy atom. The molecule has 0 atom stereocenters. The number of aliphatic carboxylic acids is 4. The number of aliphatic hydroxyl groups is 1. The maximum Gasteiger partial charge on any atom is 0.328 e. The van der Waals surface area contributed by atoms with Crippen LogP contribution in [0.2, 0.25) is 0 Å². The quantitative estimate of drug-likeness (QED) is 0.149. The minimum atomic E-state index is -1.26. The molecule has 1 fully saturated rings. The van der Waals surface area contributed by atoms with Crippen LogP contribution in [0.3, 0.4) is 0 Å². The minimum Gasteiger partial charge on any atom is -0.494 e. The summed E-state index contributed by atoms with van der Waals surface area (Å²) in [5, 5.41) is 42.3. The number of ether oxygens (including phenoxy) is 1. The average Bonchev–Trinajstić information content (AvgIpc) is 3.01. The van der Waals surface area contributed by atoms with E-state index >= 15 is 0 Å². The smallest absolute Gasteiger partial charge is 0.328 e. The first-order valence-electron chi connectivity index (χ1n) is 14.5. The highest BCUT2D eigenvalue weighted by Crippen LogP contribution is 2.28. The molecule has 12 nitrogen and oxygen atoms in total. The van der Waals surface area contributed by atoms with Crippen LogP contribution in [0.25, 0.3) is 0 Å². The van der Waals surface area contributed by atoms with E-state index in [1.54, 1.807) is 0 Å². The fourth-order valence-electron chi connectivity index (χ4n) is 4.14. The van der Waals surface area contributed by atoms with Gasteiger partial charge < -0.3 is 35.2 Å². The number of carboxylic acid groups (broad SMARTS) is 4. The monoisotopic (exact) mass is 628 g/mol. The number of rotatable bonds is 14.